The van der Waals surface area contributed by atoms with Crippen LogP contribution < -0.4 is 5.32 Å². The van der Waals surface area contributed by atoms with Gasteiger partial charge in [0.25, 0.3) is 0 Å². The van der Waals surface area contributed by atoms with Gasteiger partial charge in [0.05, 0.1) is 0 Å². The molecule has 1 heterocycles. The van der Waals surface area contributed by atoms with Crippen molar-refractivity contribution in [2.45, 2.75) is 26.2 Å². The summed E-state index contributed by atoms with van der Waals surface area (Å²) in [6.45, 7) is 9.05. The van der Waals surface area contributed by atoms with E-state index in [2.05, 4.69) is 18.8 Å². The van der Waals surface area contributed by atoms with E-state index in [1.807, 2.05) is 0 Å². The van der Waals surface area contributed by atoms with E-state index in [0.29, 0.717) is 11.3 Å². The van der Waals surface area contributed by atoms with E-state index in [0.717, 1.165) is 25.4 Å². The van der Waals surface area contributed by atoms with Gasteiger partial charge in [0, 0.05) is 13.2 Å². The molecule has 80 valence electrons. The maximum Gasteiger partial charge on any atom is 0.0468 e. The Labute approximate surface area is 86.4 Å². The fraction of sp³-hybridized carbons (Fsp3) is 0.833. The minimum atomic E-state index is 0.257. The van der Waals surface area contributed by atoms with Gasteiger partial charge in [-0.3, -0.25) is 0 Å². The molecule has 2 N–H and O–H groups in total. The van der Waals surface area contributed by atoms with E-state index >= 15 is 0 Å². The standard InChI is InChI=1S/C12H21NO/c1-9(4-6-14)11-3-5-12(11)8-13-7-10(12)2/h10-11,13-14H,1,3-8H2,2H3. The molecule has 1 spiro atoms. The Bertz CT molecular complexity index is 238. The van der Waals surface area contributed by atoms with E-state index in [9.17, 15) is 0 Å². The SMILES string of the molecule is C=C(CCO)C1CCC12CNCC2C. The summed E-state index contributed by atoms with van der Waals surface area (Å²) in [6, 6.07) is 0. The predicted octanol–water partition coefficient (Wildman–Crippen LogP) is 1.56. The van der Waals surface area contributed by atoms with Crippen LogP contribution in [0.5, 0.6) is 0 Å². The third-order valence-corrected chi connectivity index (χ3v) is 4.40. The first-order chi connectivity index (χ1) is 6.70. The summed E-state index contributed by atoms with van der Waals surface area (Å²) < 4.78 is 0. The van der Waals surface area contributed by atoms with Crippen LogP contribution in [0.4, 0.5) is 0 Å². The lowest BCUT2D eigenvalue weighted by atomic mass is 9.53. The van der Waals surface area contributed by atoms with Gasteiger partial charge in [0.15, 0.2) is 0 Å². The summed E-state index contributed by atoms with van der Waals surface area (Å²) in [4.78, 5) is 0. The van der Waals surface area contributed by atoms with Crippen molar-refractivity contribution >= 4 is 0 Å². The molecule has 2 nitrogen and oxygen atoms in total. The molecule has 14 heavy (non-hydrogen) atoms. The zero-order valence-corrected chi connectivity index (χ0v) is 9.05. The molecular weight excluding hydrogens is 174 g/mol. The second-order valence-corrected chi connectivity index (χ2v) is 4.99. The number of hydrogen-bond acceptors (Lipinski definition) is 2. The summed E-state index contributed by atoms with van der Waals surface area (Å²) in [7, 11) is 0. The number of rotatable bonds is 3. The largest absolute Gasteiger partial charge is 0.396 e. The Morgan fingerprint density at radius 3 is 2.86 bits per heavy atom. The zero-order valence-electron chi connectivity index (χ0n) is 9.05. The first-order valence-electron chi connectivity index (χ1n) is 5.70. The highest BCUT2D eigenvalue weighted by Crippen LogP contribution is 2.56. The van der Waals surface area contributed by atoms with Crippen LogP contribution in [-0.2, 0) is 0 Å². The Morgan fingerprint density at radius 2 is 2.43 bits per heavy atom. The van der Waals surface area contributed by atoms with E-state index in [1.165, 1.54) is 18.4 Å². The number of hydrogen-bond donors (Lipinski definition) is 2. The molecule has 0 bridgehead atoms. The van der Waals surface area contributed by atoms with Gasteiger partial charge in [-0.25, -0.2) is 0 Å². The van der Waals surface area contributed by atoms with Crippen LogP contribution in [0, 0.1) is 17.3 Å². The van der Waals surface area contributed by atoms with Crippen molar-refractivity contribution in [1.29, 1.82) is 0 Å². The predicted molar refractivity (Wildman–Crippen MR) is 58.0 cm³/mol. The second-order valence-electron chi connectivity index (χ2n) is 4.99. The molecule has 0 aromatic rings. The minimum absolute atomic E-state index is 0.257. The van der Waals surface area contributed by atoms with Gasteiger partial charge < -0.3 is 10.4 Å². The lowest BCUT2D eigenvalue weighted by Crippen LogP contribution is -2.46. The quantitative estimate of drug-likeness (QED) is 0.670. The molecule has 1 aliphatic heterocycles. The molecule has 3 unspecified atom stereocenters. The summed E-state index contributed by atoms with van der Waals surface area (Å²) in [5, 5.41) is 12.4. The average Bonchev–Trinajstić information content (AvgIpc) is 2.47. The Balaban J connectivity index is 2.04. The van der Waals surface area contributed by atoms with Gasteiger partial charge >= 0.3 is 0 Å². The summed E-state index contributed by atoms with van der Waals surface area (Å²) in [5.41, 5.74) is 1.76. The monoisotopic (exact) mass is 195 g/mol. The molecule has 0 aromatic heterocycles. The number of nitrogens with one attached hydrogen (secondary N) is 1. The zero-order chi connectivity index (χ0) is 10.2. The van der Waals surface area contributed by atoms with Gasteiger partial charge in [-0.15, -0.1) is 0 Å². The minimum Gasteiger partial charge on any atom is -0.396 e. The molecule has 2 aliphatic rings. The summed E-state index contributed by atoms with van der Waals surface area (Å²) in [5.74, 6) is 1.44. The van der Waals surface area contributed by atoms with Crippen LogP contribution in [0.1, 0.15) is 26.2 Å². The molecule has 3 atom stereocenters. The summed E-state index contributed by atoms with van der Waals surface area (Å²) >= 11 is 0. The Hall–Kier alpha value is -0.340. The fourth-order valence-electron chi connectivity index (χ4n) is 3.29. The third kappa shape index (κ3) is 1.32. The molecule has 0 aromatic carbocycles. The maximum absolute atomic E-state index is 8.93. The molecule has 0 amide bonds. The van der Waals surface area contributed by atoms with Gasteiger partial charge in [-0.2, -0.15) is 0 Å². The topological polar surface area (TPSA) is 32.3 Å². The van der Waals surface area contributed by atoms with E-state index < -0.39 is 0 Å². The van der Waals surface area contributed by atoms with Gasteiger partial charge in [0.1, 0.15) is 0 Å². The number of aliphatic hydroxyl groups excluding tert-OH is 1. The van der Waals surface area contributed by atoms with Crippen LogP contribution >= 0.6 is 0 Å². The van der Waals surface area contributed by atoms with E-state index in [4.69, 9.17) is 5.11 Å². The van der Waals surface area contributed by atoms with Crippen molar-refractivity contribution in [1.82, 2.24) is 5.32 Å². The van der Waals surface area contributed by atoms with Crippen molar-refractivity contribution in [2.24, 2.45) is 17.3 Å². The fourth-order valence-corrected chi connectivity index (χ4v) is 3.29. The van der Waals surface area contributed by atoms with Crippen LogP contribution in [0.3, 0.4) is 0 Å². The van der Waals surface area contributed by atoms with Crippen molar-refractivity contribution in [2.75, 3.05) is 19.7 Å². The molecule has 1 saturated carbocycles. The van der Waals surface area contributed by atoms with Crippen LogP contribution in [0.25, 0.3) is 0 Å². The van der Waals surface area contributed by atoms with Crippen molar-refractivity contribution < 1.29 is 5.11 Å². The van der Waals surface area contributed by atoms with Crippen molar-refractivity contribution in [3.8, 4) is 0 Å². The maximum atomic E-state index is 8.93. The molecule has 0 radical (unpaired) electrons. The summed E-state index contributed by atoms with van der Waals surface area (Å²) in [6.07, 6.45) is 3.42. The highest BCUT2D eigenvalue weighted by Gasteiger charge is 2.52. The highest BCUT2D eigenvalue weighted by atomic mass is 16.2. The lowest BCUT2D eigenvalue weighted by Gasteiger charge is -2.51. The van der Waals surface area contributed by atoms with Gasteiger partial charge in [0.2, 0.25) is 0 Å². The molecule has 1 saturated heterocycles. The van der Waals surface area contributed by atoms with Gasteiger partial charge in [-0.1, -0.05) is 19.1 Å². The van der Waals surface area contributed by atoms with Crippen molar-refractivity contribution in [3.05, 3.63) is 12.2 Å². The normalized spacial score (nSPS) is 41.3. The average molecular weight is 195 g/mol. The van der Waals surface area contributed by atoms with Crippen molar-refractivity contribution in [3.63, 3.8) is 0 Å². The Morgan fingerprint density at radius 1 is 1.64 bits per heavy atom. The van der Waals surface area contributed by atoms with Crippen LogP contribution in [0.2, 0.25) is 0 Å². The first kappa shape index (κ1) is 10.2. The molecule has 2 heteroatoms. The number of aliphatic hydroxyl groups is 1. The van der Waals surface area contributed by atoms with Gasteiger partial charge in [-0.05, 0) is 43.1 Å². The van der Waals surface area contributed by atoms with E-state index in [1.54, 1.807) is 0 Å². The Kier molecular flexibility index (Phi) is 2.67. The smallest absolute Gasteiger partial charge is 0.0468 e. The molecule has 1 aliphatic carbocycles. The molecule has 2 rings (SSSR count). The molecule has 2 fully saturated rings. The highest BCUT2D eigenvalue weighted by molar-refractivity contribution is 5.17. The molecular formula is C12H21NO. The van der Waals surface area contributed by atoms with Crippen LogP contribution in [0.15, 0.2) is 12.2 Å². The third-order valence-electron chi connectivity index (χ3n) is 4.40. The first-order valence-corrected chi connectivity index (χ1v) is 5.70. The van der Waals surface area contributed by atoms with E-state index in [-0.39, 0.29) is 6.61 Å². The van der Waals surface area contributed by atoms with Crippen LogP contribution in [-0.4, -0.2) is 24.8 Å². The lowest BCUT2D eigenvalue weighted by molar-refractivity contribution is 0.0341. The second kappa shape index (κ2) is 3.67.